The van der Waals surface area contributed by atoms with Gasteiger partial charge in [-0.3, -0.25) is 14.5 Å². The summed E-state index contributed by atoms with van der Waals surface area (Å²) in [6, 6.07) is 23.0. The van der Waals surface area contributed by atoms with Gasteiger partial charge in [-0.05, 0) is 35.9 Å². The van der Waals surface area contributed by atoms with Gasteiger partial charge in [0.15, 0.2) is 0 Å². The zero-order chi connectivity index (χ0) is 20.0. The van der Waals surface area contributed by atoms with Crippen molar-refractivity contribution in [3.05, 3.63) is 95.8 Å². The number of benzene rings is 3. The summed E-state index contributed by atoms with van der Waals surface area (Å²) in [6.07, 6.45) is 0. The second-order valence-corrected chi connectivity index (χ2v) is 8.20. The molecule has 2 aliphatic heterocycles. The van der Waals surface area contributed by atoms with Crippen LogP contribution in [0.25, 0.3) is 0 Å². The molecule has 0 saturated carbocycles. The van der Waals surface area contributed by atoms with Gasteiger partial charge in [0.1, 0.15) is 5.82 Å². The summed E-state index contributed by atoms with van der Waals surface area (Å²) >= 11 is 1.36. The number of carbonyl (C=O) groups is 2. The molecule has 0 N–H and O–H groups in total. The van der Waals surface area contributed by atoms with E-state index in [-0.39, 0.29) is 23.4 Å². The highest BCUT2D eigenvalue weighted by Gasteiger charge is 2.60. The third kappa shape index (κ3) is 2.67. The van der Waals surface area contributed by atoms with Gasteiger partial charge in [0.2, 0.25) is 10.8 Å². The molecule has 5 rings (SSSR count). The molecule has 29 heavy (non-hydrogen) atoms. The smallest absolute Gasteiger partial charge is 0.269 e. The third-order valence-electron chi connectivity index (χ3n) is 5.33. The highest BCUT2D eigenvalue weighted by atomic mass is 32.2. The molecule has 3 aromatic rings. The molecule has 144 valence electrons. The Balaban J connectivity index is 1.63. The SMILES string of the molecule is O=C1CS[C@]2(C(=O)N(Cc3ccc(F)cc3)c3ccccc32)N1c1ccccc1. The third-order valence-corrected chi connectivity index (χ3v) is 6.72. The van der Waals surface area contributed by atoms with Gasteiger partial charge in [0, 0.05) is 11.3 Å². The molecular formula is C23H17FN2O2S. The number of anilines is 2. The molecule has 2 amide bonds. The highest BCUT2D eigenvalue weighted by molar-refractivity contribution is 8.02. The van der Waals surface area contributed by atoms with Crippen LogP contribution < -0.4 is 9.80 Å². The van der Waals surface area contributed by atoms with Crippen LogP contribution in [0.4, 0.5) is 15.8 Å². The molecule has 6 heteroatoms. The fourth-order valence-corrected chi connectivity index (χ4v) is 5.42. The van der Waals surface area contributed by atoms with Crippen molar-refractivity contribution >= 4 is 35.0 Å². The molecule has 2 aliphatic rings. The van der Waals surface area contributed by atoms with Gasteiger partial charge in [-0.25, -0.2) is 4.39 Å². The Kier molecular flexibility index (Phi) is 4.17. The summed E-state index contributed by atoms with van der Waals surface area (Å²) in [7, 11) is 0. The summed E-state index contributed by atoms with van der Waals surface area (Å²) in [6.45, 7) is 0.315. The zero-order valence-electron chi connectivity index (χ0n) is 15.4. The van der Waals surface area contributed by atoms with Gasteiger partial charge in [0.05, 0.1) is 18.0 Å². The van der Waals surface area contributed by atoms with Crippen LogP contribution in [-0.2, 0) is 21.0 Å². The number of amides is 2. The van der Waals surface area contributed by atoms with Crippen LogP contribution in [0.1, 0.15) is 11.1 Å². The predicted octanol–water partition coefficient (Wildman–Crippen LogP) is 4.31. The molecule has 1 spiro atoms. The second-order valence-electron chi connectivity index (χ2n) is 7.03. The van der Waals surface area contributed by atoms with E-state index in [4.69, 9.17) is 0 Å². The van der Waals surface area contributed by atoms with Gasteiger partial charge in [0.25, 0.3) is 5.91 Å². The van der Waals surface area contributed by atoms with E-state index in [2.05, 4.69) is 0 Å². The molecule has 0 radical (unpaired) electrons. The van der Waals surface area contributed by atoms with Crippen LogP contribution in [0.2, 0.25) is 0 Å². The monoisotopic (exact) mass is 404 g/mol. The van der Waals surface area contributed by atoms with Crippen LogP contribution in [0, 0.1) is 5.82 Å². The Labute approximate surface area is 171 Å². The Bertz CT molecular complexity index is 1100. The van der Waals surface area contributed by atoms with E-state index in [0.717, 1.165) is 16.8 Å². The minimum absolute atomic E-state index is 0.0898. The van der Waals surface area contributed by atoms with Crippen molar-refractivity contribution in [3.8, 4) is 0 Å². The summed E-state index contributed by atoms with van der Waals surface area (Å²) in [5, 5.41) is 0. The molecule has 1 fully saturated rings. The topological polar surface area (TPSA) is 40.6 Å². The van der Waals surface area contributed by atoms with E-state index in [1.54, 1.807) is 21.9 Å². The fourth-order valence-electron chi connectivity index (χ4n) is 4.06. The van der Waals surface area contributed by atoms with E-state index in [0.29, 0.717) is 12.2 Å². The first-order valence-electron chi connectivity index (χ1n) is 9.29. The maximum atomic E-state index is 13.8. The lowest BCUT2D eigenvalue weighted by Gasteiger charge is -2.33. The molecule has 0 aliphatic carbocycles. The van der Waals surface area contributed by atoms with Crippen LogP contribution in [0.5, 0.6) is 0 Å². The van der Waals surface area contributed by atoms with Crippen LogP contribution in [0.3, 0.4) is 0 Å². The van der Waals surface area contributed by atoms with Crippen molar-refractivity contribution < 1.29 is 14.0 Å². The molecule has 2 heterocycles. The maximum Gasteiger partial charge on any atom is 0.269 e. The van der Waals surface area contributed by atoms with Crippen LogP contribution in [-0.4, -0.2) is 17.6 Å². The number of fused-ring (bicyclic) bond motifs is 2. The zero-order valence-corrected chi connectivity index (χ0v) is 16.2. The lowest BCUT2D eigenvalue weighted by molar-refractivity contribution is -0.123. The number of halogens is 1. The Hall–Kier alpha value is -3.12. The number of para-hydroxylation sites is 2. The van der Waals surface area contributed by atoms with Crippen molar-refractivity contribution in [2.45, 2.75) is 11.4 Å². The average molecular weight is 404 g/mol. The molecule has 0 bridgehead atoms. The van der Waals surface area contributed by atoms with Crippen molar-refractivity contribution in [3.63, 3.8) is 0 Å². The van der Waals surface area contributed by atoms with Gasteiger partial charge in [-0.2, -0.15) is 0 Å². The molecule has 1 atom stereocenters. The molecular weight excluding hydrogens is 387 g/mol. The first-order chi connectivity index (χ1) is 14.1. The fraction of sp³-hybridized carbons (Fsp3) is 0.130. The van der Waals surface area contributed by atoms with E-state index >= 15 is 0 Å². The standard InChI is InChI=1S/C23H17FN2O2S/c24-17-12-10-16(11-13-17)14-25-20-9-5-4-8-19(20)23(22(25)28)26(21(27)15-29-23)18-6-2-1-3-7-18/h1-13H,14-15H2/t23-/m1/s1. The number of hydrogen-bond donors (Lipinski definition) is 0. The highest BCUT2D eigenvalue weighted by Crippen LogP contribution is 2.55. The van der Waals surface area contributed by atoms with Crippen molar-refractivity contribution in [2.24, 2.45) is 0 Å². The van der Waals surface area contributed by atoms with Gasteiger partial charge in [-0.15, -0.1) is 11.8 Å². The van der Waals surface area contributed by atoms with E-state index in [9.17, 15) is 14.0 Å². The second kappa shape index (κ2) is 6.74. The van der Waals surface area contributed by atoms with Crippen LogP contribution in [0.15, 0.2) is 78.9 Å². The largest absolute Gasteiger partial charge is 0.304 e. The summed E-state index contributed by atoms with van der Waals surface area (Å²) < 4.78 is 13.3. The van der Waals surface area contributed by atoms with Gasteiger partial charge >= 0.3 is 0 Å². The molecule has 1 saturated heterocycles. The Morgan fingerprint density at radius 3 is 2.34 bits per heavy atom. The molecule has 0 unspecified atom stereocenters. The summed E-state index contributed by atoms with van der Waals surface area (Å²) in [5.41, 5.74) is 3.12. The van der Waals surface area contributed by atoms with Crippen molar-refractivity contribution in [1.82, 2.24) is 0 Å². The Morgan fingerprint density at radius 1 is 0.897 bits per heavy atom. The van der Waals surface area contributed by atoms with Gasteiger partial charge < -0.3 is 4.90 Å². The van der Waals surface area contributed by atoms with Crippen LogP contribution >= 0.6 is 11.8 Å². The predicted molar refractivity (Wildman–Crippen MR) is 112 cm³/mol. The number of rotatable bonds is 3. The number of thioether (sulfide) groups is 1. The summed E-state index contributed by atoms with van der Waals surface area (Å²) in [5.74, 6) is -0.319. The lowest BCUT2D eigenvalue weighted by Crippen LogP contribution is -2.49. The van der Waals surface area contributed by atoms with Crippen molar-refractivity contribution in [2.75, 3.05) is 15.6 Å². The Morgan fingerprint density at radius 2 is 1.59 bits per heavy atom. The lowest BCUT2D eigenvalue weighted by atomic mass is 10.0. The summed E-state index contributed by atoms with van der Waals surface area (Å²) in [4.78, 5) is 28.9. The van der Waals surface area contributed by atoms with Crippen molar-refractivity contribution in [1.29, 1.82) is 0 Å². The number of nitrogens with zero attached hydrogens (tertiary/aromatic N) is 2. The van der Waals surface area contributed by atoms with Gasteiger partial charge in [-0.1, -0.05) is 48.5 Å². The average Bonchev–Trinajstić information content (AvgIpc) is 3.21. The normalized spacial score (nSPS) is 20.6. The van der Waals surface area contributed by atoms with E-state index in [1.165, 1.54) is 23.9 Å². The van der Waals surface area contributed by atoms with E-state index in [1.807, 2.05) is 54.6 Å². The first-order valence-corrected chi connectivity index (χ1v) is 10.3. The van der Waals surface area contributed by atoms with E-state index < -0.39 is 4.87 Å². The quantitative estimate of drug-likeness (QED) is 0.653. The maximum absolute atomic E-state index is 13.8. The molecule has 4 nitrogen and oxygen atoms in total. The minimum Gasteiger partial charge on any atom is -0.304 e. The first kappa shape index (κ1) is 17.9. The minimum atomic E-state index is -1.12. The number of hydrogen-bond acceptors (Lipinski definition) is 3. The molecule has 3 aromatic carbocycles. The number of carbonyl (C=O) groups excluding carboxylic acids is 2. The molecule has 0 aromatic heterocycles.